The summed E-state index contributed by atoms with van der Waals surface area (Å²) in [5.41, 5.74) is 0.756. The van der Waals surface area contributed by atoms with E-state index >= 15 is 0 Å². The summed E-state index contributed by atoms with van der Waals surface area (Å²) in [4.78, 5) is 34.8. The third-order valence-electron chi connectivity index (χ3n) is 2.99. The van der Waals surface area contributed by atoms with Crippen LogP contribution in [0.15, 0.2) is 24.3 Å². The van der Waals surface area contributed by atoms with Gasteiger partial charge < -0.3 is 20.1 Å². The van der Waals surface area contributed by atoms with Crippen LogP contribution in [0.3, 0.4) is 0 Å². The quantitative estimate of drug-likeness (QED) is 0.677. The molecule has 0 unspecified atom stereocenters. The number of hydrogen-bond donors (Lipinski definition) is 2. The Labute approximate surface area is 135 Å². The summed E-state index contributed by atoms with van der Waals surface area (Å²) in [5, 5.41) is 5.04. The van der Waals surface area contributed by atoms with Crippen LogP contribution in [0.5, 0.6) is 5.75 Å². The van der Waals surface area contributed by atoms with Crippen LogP contribution in [0.4, 0.5) is 0 Å². The molecule has 126 valence electrons. The van der Waals surface area contributed by atoms with E-state index in [4.69, 9.17) is 9.47 Å². The molecule has 1 atom stereocenters. The van der Waals surface area contributed by atoms with Crippen LogP contribution in [0.2, 0.25) is 0 Å². The number of ether oxygens (including phenoxy) is 2. The monoisotopic (exact) mass is 322 g/mol. The van der Waals surface area contributed by atoms with Crippen molar-refractivity contribution in [3.8, 4) is 5.75 Å². The SMILES string of the molecule is CCNC(=O)[C@@H](C)NC(=O)COC(=O)Cc1ccc(OC)cc1. The summed E-state index contributed by atoms with van der Waals surface area (Å²) in [7, 11) is 1.56. The lowest BCUT2D eigenvalue weighted by atomic mass is 10.1. The van der Waals surface area contributed by atoms with Crippen molar-refractivity contribution in [2.75, 3.05) is 20.3 Å². The van der Waals surface area contributed by atoms with Crippen LogP contribution in [-0.2, 0) is 25.5 Å². The first-order chi connectivity index (χ1) is 11.0. The Kier molecular flexibility index (Phi) is 7.59. The second kappa shape index (κ2) is 9.45. The predicted octanol–water partition coefficient (Wildman–Crippen LogP) is 0.422. The van der Waals surface area contributed by atoms with E-state index in [0.29, 0.717) is 12.3 Å². The van der Waals surface area contributed by atoms with Crippen LogP contribution in [-0.4, -0.2) is 44.1 Å². The molecule has 0 spiro atoms. The summed E-state index contributed by atoms with van der Waals surface area (Å²) < 4.78 is 9.92. The van der Waals surface area contributed by atoms with Gasteiger partial charge in [-0.05, 0) is 31.5 Å². The summed E-state index contributed by atoms with van der Waals surface area (Å²) in [6.45, 7) is 3.41. The van der Waals surface area contributed by atoms with Gasteiger partial charge in [0.25, 0.3) is 5.91 Å². The lowest BCUT2D eigenvalue weighted by molar-refractivity contribution is -0.148. The fraction of sp³-hybridized carbons (Fsp3) is 0.438. The molecule has 2 amide bonds. The van der Waals surface area contributed by atoms with Crippen molar-refractivity contribution in [1.29, 1.82) is 0 Å². The normalized spacial score (nSPS) is 11.3. The van der Waals surface area contributed by atoms with Crippen molar-refractivity contribution >= 4 is 17.8 Å². The molecule has 23 heavy (non-hydrogen) atoms. The van der Waals surface area contributed by atoms with Gasteiger partial charge in [0, 0.05) is 6.54 Å². The molecule has 0 saturated heterocycles. The highest BCUT2D eigenvalue weighted by molar-refractivity contribution is 5.88. The third-order valence-corrected chi connectivity index (χ3v) is 2.99. The highest BCUT2D eigenvalue weighted by atomic mass is 16.5. The lowest BCUT2D eigenvalue weighted by Gasteiger charge is -2.13. The number of hydrogen-bond acceptors (Lipinski definition) is 5. The van der Waals surface area contributed by atoms with Gasteiger partial charge >= 0.3 is 5.97 Å². The predicted molar refractivity (Wildman–Crippen MR) is 83.9 cm³/mol. The van der Waals surface area contributed by atoms with E-state index in [1.165, 1.54) is 0 Å². The molecule has 0 bridgehead atoms. The van der Waals surface area contributed by atoms with Crippen molar-refractivity contribution in [3.05, 3.63) is 29.8 Å². The molecule has 0 aliphatic rings. The molecule has 0 saturated carbocycles. The minimum absolute atomic E-state index is 0.0587. The number of esters is 1. The molecular formula is C16H22N2O5. The number of nitrogens with one attached hydrogen (secondary N) is 2. The average molecular weight is 322 g/mol. The van der Waals surface area contributed by atoms with E-state index in [-0.39, 0.29) is 12.3 Å². The molecule has 0 radical (unpaired) electrons. The van der Waals surface area contributed by atoms with Gasteiger partial charge in [0.05, 0.1) is 13.5 Å². The van der Waals surface area contributed by atoms with E-state index in [2.05, 4.69) is 10.6 Å². The maximum absolute atomic E-state index is 11.7. The van der Waals surface area contributed by atoms with Gasteiger partial charge in [0.2, 0.25) is 5.91 Å². The molecule has 0 fully saturated rings. The van der Waals surface area contributed by atoms with Gasteiger partial charge in [-0.25, -0.2) is 0 Å². The number of methoxy groups -OCH3 is 1. The van der Waals surface area contributed by atoms with Crippen molar-refractivity contribution < 1.29 is 23.9 Å². The van der Waals surface area contributed by atoms with Crippen molar-refractivity contribution in [1.82, 2.24) is 10.6 Å². The third kappa shape index (κ3) is 6.82. The molecule has 0 aliphatic heterocycles. The Morgan fingerprint density at radius 2 is 1.83 bits per heavy atom. The zero-order valence-electron chi connectivity index (χ0n) is 13.5. The summed E-state index contributed by atoms with van der Waals surface area (Å²) in [6.07, 6.45) is 0.0587. The van der Waals surface area contributed by atoms with Gasteiger partial charge in [-0.3, -0.25) is 14.4 Å². The Morgan fingerprint density at radius 3 is 2.39 bits per heavy atom. The van der Waals surface area contributed by atoms with Gasteiger partial charge in [-0.1, -0.05) is 12.1 Å². The summed E-state index contributed by atoms with van der Waals surface area (Å²) in [6, 6.07) is 6.30. The first-order valence-electron chi connectivity index (χ1n) is 7.31. The Balaban J connectivity index is 2.34. The molecular weight excluding hydrogens is 300 g/mol. The van der Waals surface area contributed by atoms with E-state index < -0.39 is 24.5 Å². The number of rotatable bonds is 8. The number of carbonyl (C=O) groups excluding carboxylic acids is 3. The lowest BCUT2D eigenvalue weighted by Crippen LogP contribution is -2.46. The molecule has 0 aliphatic carbocycles. The molecule has 0 heterocycles. The smallest absolute Gasteiger partial charge is 0.310 e. The number of likely N-dealkylation sites (N-methyl/N-ethyl adjacent to an activating group) is 1. The highest BCUT2D eigenvalue weighted by Crippen LogP contribution is 2.11. The second-order valence-electron chi connectivity index (χ2n) is 4.87. The number of carbonyl (C=O) groups is 3. The van der Waals surface area contributed by atoms with Crippen LogP contribution < -0.4 is 15.4 Å². The second-order valence-corrected chi connectivity index (χ2v) is 4.87. The standard InChI is InChI=1S/C16H22N2O5/c1-4-17-16(21)11(2)18-14(19)10-23-15(20)9-12-5-7-13(22-3)8-6-12/h5-8,11H,4,9-10H2,1-3H3,(H,17,21)(H,18,19)/t11-/m1/s1. The first kappa shape index (κ1) is 18.5. The number of benzene rings is 1. The fourth-order valence-corrected chi connectivity index (χ4v) is 1.78. The maximum Gasteiger partial charge on any atom is 0.310 e. The molecule has 0 aromatic heterocycles. The van der Waals surface area contributed by atoms with Gasteiger partial charge in [-0.15, -0.1) is 0 Å². The summed E-state index contributed by atoms with van der Waals surface area (Å²) in [5.74, 6) is -0.630. The molecule has 1 aromatic rings. The molecule has 1 rings (SSSR count). The Bertz CT molecular complexity index is 542. The van der Waals surface area contributed by atoms with Crippen LogP contribution >= 0.6 is 0 Å². The zero-order chi connectivity index (χ0) is 17.2. The van der Waals surface area contributed by atoms with E-state index in [9.17, 15) is 14.4 Å². The molecule has 2 N–H and O–H groups in total. The molecule has 1 aromatic carbocycles. The van der Waals surface area contributed by atoms with E-state index in [0.717, 1.165) is 5.56 Å². The minimum Gasteiger partial charge on any atom is -0.497 e. The first-order valence-corrected chi connectivity index (χ1v) is 7.31. The highest BCUT2D eigenvalue weighted by Gasteiger charge is 2.15. The molecule has 7 heteroatoms. The summed E-state index contributed by atoms with van der Waals surface area (Å²) >= 11 is 0. The van der Waals surface area contributed by atoms with Crippen LogP contribution in [0.25, 0.3) is 0 Å². The van der Waals surface area contributed by atoms with Crippen LogP contribution in [0, 0.1) is 0 Å². The topological polar surface area (TPSA) is 93.7 Å². The minimum atomic E-state index is -0.678. The Morgan fingerprint density at radius 1 is 1.17 bits per heavy atom. The van der Waals surface area contributed by atoms with Crippen molar-refractivity contribution in [2.45, 2.75) is 26.3 Å². The van der Waals surface area contributed by atoms with Crippen molar-refractivity contribution in [2.24, 2.45) is 0 Å². The zero-order valence-corrected chi connectivity index (χ0v) is 13.5. The van der Waals surface area contributed by atoms with Crippen LogP contribution in [0.1, 0.15) is 19.4 Å². The average Bonchev–Trinajstić information content (AvgIpc) is 2.54. The maximum atomic E-state index is 11.7. The number of amides is 2. The fourth-order valence-electron chi connectivity index (χ4n) is 1.78. The van der Waals surface area contributed by atoms with Gasteiger partial charge in [0.15, 0.2) is 6.61 Å². The molecule has 7 nitrogen and oxygen atoms in total. The Hall–Kier alpha value is -2.57. The van der Waals surface area contributed by atoms with Gasteiger partial charge in [0.1, 0.15) is 11.8 Å². The van der Waals surface area contributed by atoms with E-state index in [1.54, 1.807) is 45.2 Å². The van der Waals surface area contributed by atoms with Crippen molar-refractivity contribution in [3.63, 3.8) is 0 Å². The largest absolute Gasteiger partial charge is 0.497 e. The van der Waals surface area contributed by atoms with E-state index in [1.807, 2.05) is 0 Å². The van der Waals surface area contributed by atoms with Gasteiger partial charge in [-0.2, -0.15) is 0 Å².